The zero-order valence-electron chi connectivity index (χ0n) is 33.1. The van der Waals surface area contributed by atoms with Crippen LogP contribution < -0.4 is 4.74 Å². The first-order chi connectivity index (χ1) is 24.6. The second-order valence-electron chi connectivity index (χ2n) is 17.4. The summed E-state index contributed by atoms with van der Waals surface area (Å²) in [6.45, 7) is 25.3. The van der Waals surface area contributed by atoms with Crippen LogP contribution in [0.4, 0.5) is 0 Å². The third-order valence-electron chi connectivity index (χ3n) is 11.4. The highest BCUT2D eigenvalue weighted by atomic mass is 16.5. The molecule has 3 aromatic heterocycles. The number of ether oxygens (including phenoxy) is 1. The van der Waals surface area contributed by atoms with Gasteiger partial charge in [0.2, 0.25) is 0 Å². The van der Waals surface area contributed by atoms with Crippen molar-refractivity contribution >= 4 is 21.8 Å². The number of hydrogen-bond acceptors (Lipinski definition) is 3. The lowest BCUT2D eigenvalue weighted by Crippen LogP contribution is -2.28. The summed E-state index contributed by atoms with van der Waals surface area (Å²) in [5.41, 5.74) is 11.1. The van der Waals surface area contributed by atoms with Crippen LogP contribution in [0.3, 0.4) is 0 Å². The molecule has 0 aliphatic heterocycles. The summed E-state index contributed by atoms with van der Waals surface area (Å²) in [7, 11) is 0. The number of fused-ring (bicyclic) bond motifs is 3. The van der Waals surface area contributed by atoms with Gasteiger partial charge in [-0.05, 0) is 110 Å². The smallest absolute Gasteiger partial charge is 0.137 e. The van der Waals surface area contributed by atoms with Crippen LogP contribution in [0.25, 0.3) is 33.3 Å². The van der Waals surface area contributed by atoms with Crippen molar-refractivity contribution in [3.05, 3.63) is 119 Å². The second kappa shape index (κ2) is 13.4. The van der Waals surface area contributed by atoms with Crippen molar-refractivity contribution < 1.29 is 4.74 Å². The molecule has 0 N–H and O–H groups in total. The Labute approximate surface area is 310 Å². The zero-order chi connectivity index (χ0) is 37.1. The Morgan fingerprint density at radius 3 is 2.29 bits per heavy atom. The minimum atomic E-state index is -0.0855. The molecule has 0 unspecified atom stereocenters. The summed E-state index contributed by atoms with van der Waals surface area (Å²) in [5.74, 6) is 4.01. The predicted octanol–water partition coefficient (Wildman–Crippen LogP) is 12.8. The largest absolute Gasteiger partial charge is 0.457 e. The van der Waals surface area contributed by atoms with E-state index in [1.54, 1.807) is 0 Å². The molecule has 0 amide bonds. The average molecular weight is 693 g/mol. The molecule has 52 heavy (non-hydrogen) atoms. The number of pyridine rings is 1. The molecule has 270 valence electrons. The molecular weight excluding hydrogens is 637 g/mol. The molecule has 1 aliphatic carbocycles. The highest BCUT2D eigenvalue weighted by Gasteiger charge is 2.36. The summed E-state index contributed by atoms with van der Waals surface area (Å²) in [6.07, 6.45) is 7.79. The predicted molar refractivity (Wildman–Crippen MR) is 218 cm³/mol. The normalized spacial score (nSPS) is 18.3. The molecule has 0 spiro atoms. The first-order valence-corrected chi connectivity index (χ1v) is 19.2. The lowest BCUT2D eigenvalue weighted by Gasteiger charge is -2.39. The van der Waals surface area contributed by atoms with Crippen LogP contribution in [0, 0.1) is 31.1 Å². The van der Waals surface area contributed by atoms with Crippen molar-refractivity contribution in [1.29, 1.82) is 0 Å². The lowest BCUT2D eigenvalue weighted by atomic mass is 9.65. The van der Waals surface area contributed by atoms with Gasteiger partial charge in [-0.15, -0.1) is 0 Å². The fourth-order valence-corrected chi connectivity index (χ4v) is 8.57. The highest BCUT2D eigenvalue weighted by Crippen LogP contribution is 2.47. The summed E-state index contributed by atoms with van der Waals surface area (Å²) < 4.78 is 11.2. The molecule has 0 bridgehead atoms. The van der Waals surface area contributed by atoms with Gasteiger partial charge in [-0.1, -0.05) is 91.7 Å². The Kier molecular flexibility index (Phi) is 9.21. The van der Waals surface area contributed by atoms with Gasteiger partial charge in [-0.25, -0.2) is 9.67 Å². The van der Waals surface area contributed by atoms with E-state index in [-0.39, 0.29) is 10.8 Å². The molecule has 7 rings (SSSR count). The number of nitrogens with zero attached hydrogens (tertiary/aromatic N) is 4. The van der Waals surface area contributed by atoms with Gasteiger partial charge in [0.25, 0.3) is 0 Å². The lowest BCUT2D eigenvalue weighted by molar-refractivity contribution is 0.224. The number of aromatic nitrogens is 4. The molecule has 3 aromatic carbocycles. The monoisotopic (exact) mass is 692 g/mol. The van der Waals surface area contributed by atoms with Gasteiger partial charge in [0, 0.05) is 46.3 Å². The highest BCUT2D eigenvalue weighted by molar-refractivity contribution is 6.09. The van der Waals surface area contributed by atoms with Crippen LogP contribution in [-0.2, 0) is 11.8 Å². The van der Waals surface area contributed by atoms with Crippen molar-refractivity contribution in [1.82, 2.24) is 19.3 Å². The number of allylic oxidation sites excluding steroid dienone is 2. The number of benzene rings is 3. The van der Waals surface area contributed by atoms with E-state index in [9.17, 15) is 0 Å². The molecule has 5 nitrogen and oxygen atoms in total. The number of aryl methyl sites for hydroxylation is 2. The standard InChI is InChI=1S/C47H56N4O/c1-12-15-33-20-21-48-43(24-33)50-41-17-14-13-16-39(41)40-19-18-37(28-42(40)50)52-38-26-35(47(9,10)11)25-36(27-38)51-32(5)45(31(4)49-51)44-29(2)22-34(23-30(44)3)46(6,7)8/h13-14,16-22,24-28,30,34,44H,12,15,23H2,1-11H3/t30-,34-,44-/m0/s1. The molecule has 6 aromatic rings. The Hall–Kier alpha value is -4.64. The van der Waals surface area contributed by atoms with E-state index in [1.807, 2.05) is 6.20 Å². The molecule has 3 atom stereocenters. The van der Waals surface area contributed by atoms with E-state index < -0.39 is 0 Å². The summed E-state index contributed by atoms with van der Waals surface area (Å²) in [4.78, 5) is 4.85. The van der Waals surface area contributed by atoms with Crippen molar-refractivity contribution in [2.45, 2.75) is 107 Å². The maximum Gasteiger partial charge on any atom is 0.137 e. The van der Waals surface area contributed by atoms with Crippen LogP contribution in [0.5, 0.6) is 11.5 Å². The van der Waals surface area contributed by atoms with E-state index in [1.165, 1.54) is 45.2 Å². The quantitative estimate of drug-likeness (QED) is 0.156. The molecule has 0 saturated heterocycles. The van der Waals surface area contributed by atoms with E-state index in [2.05, 4.69) is 164 Å². The topological polar surface area (TPSA) is 44.9 Å². The maximum absolute atomic E-state index is 6.82. The minimum absolute atomic E-state index is 0.0855. The summed E-state index contributed by atoms with van der Waals surface area (Å²) >= 11 is 0. The van der Waals surface area contributed by atoms with Gasteiger partial charge in [0.1, 0.15) is 17.3 Å². The Morgan fingerprint density at radius 1 is 0.827 bits per heavy atom. The van der Waals surface area contributed by atoms with Gasteiger partial charge in [-0.3, -0.25) is 4.57 Å². The molecule has 5 heteroatoms. The Balaban J connectivity index is 1.31. The zero-order valence-corrected chi connectivity index (χ0v) is 33.1. The first kappa shape index (κ1) is 35.7. The molecular formula is C47H56N4O. The second-order valence-corrected chi connectivity index (χ2v) is 17.4. The van der Waals surface area contributed by atoms with Crippen molar-refractivity contribution in [2.75, 3.05) is 0 Å². The SMILES string of the molecule is CCCc1ccnc(-n2c3ccccc3c3ccc(Oc4cc(-n5nc(C)c([C@H]6C(C)=C[C@H](C(C)(C)C)C[C@@H]6C)c5C)cc(C(C)(C)C)c4)cc32)c1. The number of rotatable bonds is 7. The average Bonchev–Trinajstić information content (AvgIpc) is 3.56. The van der Waals surface area contributed by atoms with Gasteiger partial charge in [0.15, 0.2) is 0 Å². The van der Waals surface area contributed by atoms with Crippen LogP contribution in [-0.4, -0.2) is 19.3 Å². The van der Waals surface area contributed by atoms with E-state index in [4.69, 9.17) is 14.8 Å². The molecule has 0 fully saturated rings. The van der Waals surface area contributed by atoms with Gasteiger partial charge < -0.3 is 4.74 Å². The molecule has 0 radical (unpaired) electrons. The van der Waals surface area contributed by atoms with Crippen LogP contribution in [0.15, 0.2) is 90.6 Å². The van der Waals surface area contributed by atoms with Crippen molar-refractivity contribution in [2.24, 2.45) is 17.3 Å². The molecule has 1 aliphatic rings. The maximum atomic E-state index is 6.82. The summed E-state index contributed by atoms with van der Waals surface area (Å²) in [5, 5.41) is 7.60. The van der Waals surface area contributed by atoms with E-state index in [0.29, 0.717) is 17.8 Å². The van der Waals surface area contributed by atoms with E-state index in [0.717, 1.165) is 52.6 Å². The number of hydrogen-bond donors (Lipinski definition) is 0. The van der Waals surface area contributed by atoms with Gasteiger partial charge in [-0.2, -0.15) is 5.10 Å². The summed E-state index contributed by atoms with van der Waals surface area (Å²) in [6, 6.07) is 26.0. The fourth-order valence-electron chi connectivity index (χ4n) is 8.57. The third kappa shape index (κ3) is 6.59. The first-order valence-electron chi connectivity index (χ1n) is 19.2. The van der Waals surface area contributed by atoms with E-state index >= 15 is 0 Å². The van der Waals surface area contributed by atoms with Gasteiger partial charge >= 0.3 is 0 Å². The van der Waals surface area contributed by atoms with Crippen LogP contribution in [0.1, 0.15) is 109 Å². The molecule has 0 saturated carbocycles. The third-order valence-corrected chi connectivity index (χ3v) is 11.4. The van der Waals surface area contributed by atoms with Crippen LogP contribution >= 0.6 is 0 Å². The van der Waals surface area contributed by atoms with Crippen molar-refractivity contribution in [3.8, 4) is 23.0 Å². The van der Waals surface area contributed by atoms with Crippen LogP contribution in [0.2, 0.25) is 0 Å². The fraction of sp³-hybridized carbons (Fsp3) is 0.404. The minimum Gasteiger partial charge on any atom is -0.457 e. The van der Waals surface area contributed by atoms with Crippen molar-refractivity contribution in [3.63, 3.8) is 0 Å². The Morgan fingerprint density at radius 2 is 1.58 bits per heavy atom. The van der Waals surface area contributed by atoms with Gasteiger partial charge in [0.05, 0.1) is 22.4 Å². The number of para-hydroxylation sites is 1. The molecule has 3 heterocycles. The Bertz CT molecular complexity index is 2300.